The molecule has 1 atom stereocenters. The molecule has 0 saturated carbocycles. The summed E-state index contributed by atoms with van der Waals surface area (Å²) < 4.78 is 10.7. The fraction of sp³-hybridized carbons (Fsp3) is 0.500. The van der Waals surface area contributed by atoms with E-state index in [1.54, 1.807) is 0 Å². The van der Waals surface area contributed by atoms with E-state index in [4.69, 9.17) is 10.00 Å². The topological polar surface area (TPSA) is 91.7 Å². The molecule has 6 heteroatoms. The molecular weight excluding hydrogens is 183 g/mol. The van der Waals surface area contributed by atoms with Gasteiger partial charge in [0.2, 0.25) is 0 Å². The molecule has 2 N–H and O–H groups in total. The Morgan fingerprint density at radius 2 is 2.08 bits per heavy atom. The molecule has 0 aromatic heterocycles. The number of rotatable bonds is 4. The largest absolute Gasteiger partial charge is 0.477 e. The van der Waals surface area contributed by atoms with Crippen molar-refractivity contribution in [2.24, 2.45) is 0 Å². The van der Waals surface area contributed by atoms with Crippen molar-refractivity contribution in [3.05, 3.63) is 5.57 Å². The van der Waals surface area contributed by atoms with Gasteiger partial charge in [0.05, 0.1) is 0 Å². The molecule has 0 saturated heterocycles. The van der Waals surface area contributed by atoms with Crippen LogP contribution in [0.5, 0.6) is 0 Å². The molecule has 0 aliphatic carbocycles. The molecule has 0 amide bonds. The van der Waals surface area contributed by atoms with Gasteiger partial charge in [-0.05, 0) is 6.42 Å². The van der Waals surface area contributed by atoms with Crippen LogP contribution in [0.15, 0.2) is 5.57 Å². The van der Waals surface area contributed by atoms with Crippen molar-refractivity contribution in [3.63, 3.8) is 0 Å². The first-order valence-electron chi connectivity index (χ1n) is 3.13. The van der Waals surface area contributed by atoms with Gasteiger partial charge in [0.25, 0.3) is 0 Å². The van der Waals surface area contributed by atoms with E-state index in [2.05, 4.69) is 0 Å². The predicted molar refractivity (Wildman–Crippen MR) is 42.1 cm³/mol. The number of carbonyl (C=O) groups is 1. The molecule has 0 heterocycles. The Kier molecular flexibility index (Phi) is 3.90. The number of hydrogen-bond acceptors (Lipinski definition) is 3. The molecule has 0 aliphatic rings. The van der Waals surface area contributed by atoms with Crippen molar-refractivity contribution < 1.29 is 24.2 Å². The van der Waals surface area contributed by atoms with Gasteiger partial charge in [-0.25, -0.2) is 9.59 Å². The van der Waals surface area contributed by atoms with E-state index < -0.39 is 18.9 Å². The molecule has 0 aromatic carbocycles. The molecule has 5 nitrogen and oxygen atoms in total. The second-order valence-corrected chi connectivity index (χ2v) is 4.96. The van der Waals surface area contributed by atoms with Crippen LogP contribution in [0.4, 0.5) is 0 Å². The van der Waals surface area contributed by atoms with E-state index in [-0.39, 0.29) is 12.6 Å². The lowest BCUT2D eigenvalue weighted by Gasteiger charge is -2.02. The van der Waals surface area contributed by atoms with E-state index in [9.17, 15) is 14.2 Å². The average molecular weight is 192 g/mol. The van der Waals surface area contributed by atoms with E-state index in [0.29, 0.717) is 0 Å². The summed E-state index contributed by atoms with van der Waals surface area (Å²) in [7, 11) is -3.24. The maximum absolute atomic E-state index is 10.7. The van der Waals surface area contributed by atoms with Crippen LogP contribution in [0.2, 0.25) is 0 Å². The van der Waals surface area contributed by atoms with Gasteiger partial charge in [0.15, 0.2) is 7.37 Å². The summed E-state index contributed by atoms with van der Waals surface area (Å²) in [5, 5.41) is 8.30. The van der Waals surface area contributed by atoms with Gasteiger partial charge in [-0.15, -0.1) is 0 Å². The summed E-state index contributed by atoms with van der Waals surface area (Å²) in [5.74, 6) is -0.181. The van der Waals surface area contributed by atoms with Gasteiger partial charge in [-0.3, -0.25) is 4.57 Å². The molecule has 12 heavy (non-hydrogen) atoms. The average Bonchev–Trinajstić information content (AvgIpc) is 1.85. The lowest BCUT2D eigenvalue weighted by atomic mass is 10.2. The smallest absolute Gasteiger partial charge is 0.342 e. The van der Waals surface area contributed by atoms with Gasteiger partial charge in [-0.2, -0.15) is 0 Å². The van der Waals surface area contributed by atoms with Crippen LogP contribution < -0.4 is 0 Å². The number of carbonyl (C=O) groups excluding carboxylic acids is 1. The van der Waals surface area contributed by atoms with Crippen molar-refractivity contribution in [2.45, 2.75) is 6.42 Å². The maximum atomic E-state index is 10.7. The first kappa shape index (κ1) is 11.1. The number of aliphatic carboxylic acids is 1. The van der Waals surface area contributed by atoms with E-state index >= 15 is 0 Å². The minimum Gasteiger partial charge on any atom is -0.477 e. The third-order valence-corrected chi connectivity index (χ3v) is 2.21. The van der Waals surface area contributed by atoms with Gasteiger partial charge in [0.1, 0.15) is 11.5 Å². The minimum atomic E-state index is -3.24. The van der Waals surface area contributed by atoms with Crippen LogP contribution in [-0.4, -0.2) is 34.7 Å². The summed E-state index contributed by atoms with van der Waals surface area (Å²) in [5.41, 5.74) is -0.494. The summed E-state index contributed by atoms with van der Waals surface area (Å²) in [6, 6.07) is 0. The Balaban J connectivity index is 4.19. The van der Waals surface area contributed by atoms with E-state index in [1.807, 2.05) is 0 Å². The van der Waals surface area contributed by atoms with E-state index in [0.717, 1.165) is 6.66 Å². The highest BCUT2D eigenvalue weighted by Crippen LogP contribution is 2.36. The zero-order chi connectivity index (χ0) is 9.78. The monoisotopic (exact) mass is 192 g/mol. The quantitative estimate of drug-likeness (QED) is 0.375. The second-order valence-electron chi connectivity index (χ2n) is 2.41. The molecule has 0 rings (SSSR count). The van der Waals surface area contributed by atoms with Gasteiger partial charge >= 0.3 is 5.97 Å². The summed E-state index contributed by atoms with van der Waals surface area (Å²) in [6.07, 6.45) is -0.424. The van der Waals surface area contributed by atoms with Crippen LogP contribution in [0.1, 0.15) is 6.42 Å². The molecular formula is C6H9O5P. The normalized spacial score (nSPS) is 14.5. The Hall–Kier alpha value is -0.890. The van der Waals surface area contributed by atoms with Crippen LogP contribution in [0.3, 0.4) is 0 Å². The van der Waals surface area contributed by atoms with Crippen LogP contribution >= 0.6 is 7.37 Å². The Bertz CT molecular complexity index is 270. The van der Waals surface area contributed by atoms with Crippen molar-refractivity contribution in [1.82, 2.24) is 0 Å². The number of hydrogen-bond donors (Lipinski definition) is 2. The minimum absolute atomic E-state index is 0.204. The lowest BCUT2D eigenvalue weighted by Crippen LogP contribution is -2.03. The zero-order valence-corrected chi connectivity index (χ0v) is 7.38. The Morgan fingerprint density at radius 1 is 1.58 bits per heavy atom. The van der Waals surface area contributed by atoms with Gasteiger partial charge in [-0.1, -0.05) is 0 Å². The van der Waals surface area contributed by atoms with Crippen molar-refractivity contribution >= 4 is 19.3 Å². The molecule has 0 radical (unpaired) electrons. The Morgan fingerprint density at radius 3 is 2.33 bits per heavy atom. The second kappa shape index (κ2) is 4.21. The maximum Gasteiger partial charge on any atom is 0.342 e. The molecule has 0 aliphatic heterocycles. The first-order valence-corrected chi connectivity index (χ1v) is 5.42. The van der Waals surface area contributed by atoms with E-state index in [1.165, 1.54) is 5.94 Å². The lowest BCUT2D eigenvalue weighted by molar-refractivity contribution is -0.132. The van der Waals surface area contributed by atoms with Gasteiger partial charge in [0, 0.05) is 12.8 Å². The Labute approximate surface area is 69.2 Å². The highest BCUT2D eigenvalue weighted by Gasteiger charge is 2.15. The van der Waals surface area contributed by atoms with Crippen molar-refractivity contribution in [3.8, 4) is 0 Å². The van der Waals surface area contributed by atoms with Crippen LogP contribution in [0, 0.1) is 0 Å². The van der Waals surface area contributed by atoms with Crippen LogP contribution in [0.25, 0.3) is 0 Å². The fourth-order valence-corrected chi connectivity index (χ4v) is 1.16. The molecule has 68 valence electrons. The molecule has 0 aromatic rings. The van der Waals surface area contributed by atoms with Crippen molar-refractivity contribution in [2.75, 3.05) is 12.8 Å². The zero-order valence-electron chi connectivity index (χ0n) is 6.48. The van der Waals surface area contributed by atoms with Crippen LogP contribution in [-0.2, 0) is 14.2 Å². The molecule has 0 fully saturated rings. The van der Waals surface area contributed by atoms with Gasteiger partial charge < -0.3 is 10.00 Å². The van der Waals surface area contributed by atoms with Crippen molar-refractivity contribution in [1.29, 1.82) is 0 Å². The SMILES string of the molecule is CP(=O)(O)CCC(=C=O)C(=O)O. The molecule has 0 spiro atoms. The number of carboxylic acid groups (broad SMARTS) is 1. The third-order valence-electron chi connectivity index (χ3n) is 1.16. The third kappa shape index (κ3) is 4.85. The predicted octanol–water partition coefficient (Wildman–Crippen LogP) is 0.119. The highest BCUT2D eigenvalue weighted by atomic mass is 31.2. The summed E-state index contributed by atoms with van der Waals surface area (Å²) >= 11 is 0. The highest BCUT2D eigenvalue weighted by molar-refractivity contribution is 7.57. The fourth-order valence-electron chi connectivity index (χ4n) is 0.521. The first-order chi connectivity index (χ1) is 5.37. The molecule has 1 unspecified atom stereocenters. The number of carboxylic acids is 1. The molecule has 0 bridgehead atoms. The summed E-state index contributed by atoms with van der Waals surface area (Å²) in [6.45, 7) is 1.11. The standard InChI is InChI=1S/C6H9O5P/c1-12(10,11)3-2-5(4-7)6(8)9/h2-3H2,1H3,(H,8,9)(H,10,11). The summed E-state index contributed by atoms with van der Waals surface area (Å²) in [4.78, 5) is 28.9.